The number of alkyl halides is 1. The van der Waals surface area contributed by atoms with E-state index in [-0.39, 0.29) is 10.9 Å². The summed E-state index contributed by atoms with van der Waals surface area (Å²) in [5, 5.41) is 0.0586. The Morgan fingerprint density at radius 3 is 2.32 bits per heavy atom. The molecule has 0 aromatic carbocycles. The van der Waals surface area contributed by atoms with E-state index in [1.165, 1.54) is 0 Å². The Morgan fingerprint density at radius 2 is 1.95 bits per heavy atom. The summed E-state index contributed by atoms with van der Waals surface area (Å²) < 4.78 is 29.2. The minimum atomic E-state index is -3.63. The van der Waals surface area contributed by atoms with Crippen molar-refractivity contribution >= 4 is 21.6 Å². The van der Waals surface area contributed by atoms with Gasteiger partial charge in [0.25, 0.3) is 10.0 Å². The number of rotatable bonds is 7. The Kier molecular flexibility index (Phi) is 5.41. The van der Waals surface area contributed by atoms with Crippen LogP contribution in [-0.4, -0.2) is 29.4 Å². The molecule has 0 aliphatic rings. The van der Waals surface area contributed by atoms with Crippen molar-refractivity contribution in [1.82, 2.24) is 14.3 Å². The Balaban J connectivity index is 3.10. The van der Waals surface area contributed by atoms with Crippen molar-refractivity contribution in [3.8, 4) is 0 Å². The molecule has 0 saturated carbocycles. The second kappa shape index (κ2) is 6.24. The SMILES string of the molecule is CCn1cc(S(=O)(=O)NC(CC)(CC)CCl)nc1C. The van der Waals surface area contributed by atoms with Crippen molar-refractivity contribution in [3.05, 3.63) is 12.0 Å². The zero-order valence-electron chi connectivity index (χ0n) is 11.9. The molecule has 1 heterocycles. The van der Waals surface area contributed by atoms with Crippen molar-refractivity contribution in [2.45, 2.75) is 57.6 Å². The number of nitrogens with zero attached hydrogens (tertiary/aromatic N) is 2. The highest BCUT2D eigenvalue weighted by Gasteiger charge is 2.32. The molecule has 1 aromatic heterocycles. The maximum Gasteiger partial charge on any atom is 0.260 e. The van der Waals surface area contributed by atoms with Crippen LogP contribution in [0.2, 0.25) is 0 Å². The standard InChI is InChI=1S/C12H22ClN3O2S/c1-5-12(6-2,9-13)15-19(17,18)11-8-16(7-3)10(4)14-11/h8,15H,5-7,9H2,1-4H3. The molecule has 0 spiro atoms. The van der Waals surface area contributed by atoms with Crippen LogP contribution in [0.4, 0.5) is 0 Å². The van der Waals surface area contributed by atoms with Gasteiger partial charge in [0.05, 0.1) is 0 Å². The molecule has 0 aliphatic heterocycles. The monoisotopic (exact) mass is 307 g/mol. The summed E-state index contributed by atoms with van der Waals surface area (Å²) in [5.41, 5.74) is -0.607. The lowest BCUT2D eigenvalue weighted by Gasteiger charge is -2.29. The Bertz CT molecular complexity index is 513. The number of sulfonamides is 1. The third-order valence-electron chi connectivity index (χ3n) is 3.53. The average molecular weight is 308 g/mol. The molecule has 0 bridgehead atoms. The first kappa shape index (κ1) is 16.5. The molecule has 0 saturated heterocycles. The molecule has 1 rings (SSSR count). The van der Waals surface area contributed by atoms with E-state index in [1.807, 2.05) is 20.8 Å². The Hall–Kier alpha value is -0.590. The molecule has 0 unspecified atom stereocenters. The maximum absolute atomic E-state index is 12.4. The Morgan fingerprint density at radius 1 is 1.37 bits per heavy atom. The summed E-state index contributed by atoms with van der Waals surface area (Å²) in [7, 11) is -3.63. The van der Waals surface area contributed by atoms with Crippen LogP contribution < -0.4 is 4.72 Å². The summed E-state index contributed by atoms with van der Waals surface area (Å²) in [6.45, 7) is 8.27. The average Bonchev–Trinajstić information content (AvgIpc) is 2.78. The lowest BCUT2D eigenvalue weighted by Crippen LogP contribution is -2.49. The topological polar surface area (TPSA) is 64.0 Å². The van der Waals surface area contributed by atoms with Gasteiger partial charge >= 0.3 is 0 Å². The van der Waals surface area contributed by atoms with Crippen molar-refractivity contribution in [2.75, 3.05) is 5.88 Å². The van der Waals surface area contributed by atoms with Crippen LogP contribution in [-0.2, 0) is 16.6 Å². The molecule has 0 atom stereocenters. The number of imidazole rings is 1. The normalized spacial score (nSPS) is 12.9. The highest BCUT2D eigenvalue weighted by Crippen LogP contribution is 2.21. The van der Waals surface area contributed by atoms with Gasteiger partial charge in [-0.25, -0.2) is 18.1 Å². The predicted molar refractivity (Wildman–Crippen MR) is 77.0 cm³/mol. The van der Waals surface area contributed by atoms with Crippen LogP contribution in [0.25, 0.3) is 0 Å². The zero-order valence-corrected chi connectivity index (χ0v) is 13.5. The quantitative estimate of drug-likeness (QED) is 0.786. The van der Waals surface area contributed by atoms with Crippen LogP contribution in [0, 0.1) is 6.92 Å². The molecule has 0 fully saturated rings. The zero-order chi connectivity index (χ0) is 14.7. The highest BCUT2D eigenvalue weighted by molar-refractivity contribution is 7.89. The van der Waals surface area contributed by atoms with Gasteiger partial charge in [-0.2, -0.15) is 0 Å². The molecular weight excluding hydrogens is 286 g/mol. The van der Waals surface area contributed by atoms with Gasteiger partial charge in [-0.3, -0.25) is 0 Å². The summed E-state index contributed by atoms with van der Waals surface area (Å²) in [6.07, 6.45) is 2.83. The molecule has 0 amide bonds. The molecule has 110 valence electrons. The van der Waals surface area contributed by atoms with E-state index < -0.39 is 15.6 Å². The van der Waals surface area contributed by atoms with Crippen molar-refractivity contribution < 1.29 is 8.42 Å². The smallest absolute Gasteiger partial charge is 0.260 e. The lowest BCUT2D eigenvalue weighted by atomic mass is 9.97. The van der Waals surface area contributed by atoms with E-state index in [9.17, 15) is 8.42 Å². The van der Waals surface area contributed by atoms with Gasteiger partial charge in [0, 0.05) is 24.2 Å². The number of hydrogen-bond donors (Lipinski definition) is 1. The van der Waals surface area contributed by atoms with Gasteiger partial charge < -0.3 is 4.57 Å². The van der Waals surface area contributed by atoms with Gasteiger partial charge in [-0.1, -0.05) is 13.8 Å². The van der Waals surface area contributed by atoms with Gasteiger partial charge in [-0.05, 0) is 26.7 Å². The summed E-state index contributed by atoms with van der Waals surface area (Å²) in [5.74, 6) is 0.930. The predicted octanol–water partition coefficient (Wildman–Crippen LogP) is 2.29. The fraction of sp³-hybridized carbons (Fsp3) is 0.750. The number of aryl methyl sites for hydroxylation is 2. The summed E-state index contributed by atoms with van der Waals surface area (Å²) >= 11 is 5.93. The molecule has 19 heavy (non-hydrogen) atoms. The number of nitrogens with one attached hydrogen (secondary N) is 1. The lowest BCUT2D eigenvalue weighted by molar-refractivity contribution is 0.393. The minimum Gasteiger partial charge on any atom is -0.334 e. The van der Waals surface area contributed by atoms with Gasteiger partial charge in [-0.15, -0.1) is 11.6 Å². The molecule has 7 heteroatoms. The first-order chi connectivity index (χ1) is 8.84. The minimum absolute atomic E-state index is 0.0586. The van der Waals surface area contributed by atoms with Gasteiger partial charge in [0.15, 0.2) is 5.03 Å². The molecule has 1 aromatic rings. The van der Waals surface area contributed by atoms with Crippen molar-refractivity contribution in [2.24, 2.45) is 0 Å². The van der Waals surface area contributed by atoms with Crippen LogP contribution in [0.15, 0.2) is 11.2 Å². The third-order valence-corrected chi connectivity index (χ3v) is 5.49. The van der Waals surface area contributed by atoms with E-state index in [1.54, 1.807) is 17.7 Å². The maximum atomic E-state index is 12.4. The molecule has 5 nitrogen and oxygen atoms in total. The summed E-state index contributed by atoms with van der Waals surface area (Å²) in [6, 6.07) is 0. The van der Waals surface area contributed by atoms with Crippen LogP contribution >= 0.6 is 11.6 Å². The van der Waals surface area contributed by atoms with E-state index in [0.717, 1.165) is 0 Å². The number of aromatic nitrogens is 2. The second-order valence-corrected chi connectivity index (χ2v) is 6.54. The first-order valence-electron chi connectivity index (χ1n) is 6.47. The van der Waals surface area contributed by atoms with Gasteiger partial charge in [0.2, 0.25) is 0 Å². The third kappa shape index (κ3) is 3.49. The highest BCUT2D eigenvalue weighted by atomic mass is 35.5. The largest absolute Gasteiger partial charge is 0.334 e. The van der Waals surface area contributed by atoms with Crippen LogP contribution in [0.3, 0.4) is 0 Å². The fourth-order valence-electron chi connectivity index (χ4n) is 1.88. The molecule has 1 N–H and O–H groups in total. The van der Waals surface area contributed by atoms with Gasteiger partial charge in [0.1, 0.15) is 5.82 Å². The Labute approximate surface area is 120 Å². The van der Waals surface area contributed by atoms with Crippen LogP contribution in [0.5, 0.6) is 0 Å². The molecule has 0 aliphatic carbocycles. The van der Waals surface area contributed by atoms with Crippen molar-refractivity contribution in [3.63, 3.8) is 0 Å². The fourth-order valence-corrected chi connectivity index (χ4v) is 3.95. The number of halogens is 1. The van der Waals surface area contributed by atoms with E-state index in [2.05, 4.69) is 9.71 Å². The first-order valence-corrected chi connectivity index (χ1v) is 8.49. The van der Waals surface area contributed by atoms with Crippen LogP contribution in [0.1, 0.15) is 39.4 Å². The summed E-state index contributed by atoms with van der Waals surface area (Å²) in [4.78, 5) is 4.11. The van der Waals surface area contributed by atoms with E-state index in [0.29, 0.717) is 25.2 Å². The number of hydrogen-bond acceptors (Lipinski definition) is 3. The molecular formula is C12H22ClN3O2S. The van der Waals surface area contributed by atoms with E-state index in [4.69, 9.17) is 11.6 Å². The van der Waals surface area contributed by atoms with E-state index >= 15 is 0 Å². The molecule has 0 radical (unpaired) electrons. The second-order valence-electron chi connectivity index (χ2n) is 4.64. The van der Waals surface area contributed by atoms with Crippen molar-refractivity contribution in [1.29, 1.82) is 0 Å².